The zero-order chi connectivity index (χ0) is 22.8. The molecule has 33 heavy (non-hydrogen) atoms. The lowest BCUT2D eigenvalue weighted by molar-refractivity contribution is -0.118. The highest BCUT2D eigenvalue weighted by atomic mass is 19.1. The highest BCUT2D eigenvalue weighted by molar-refractivity contribution is 5.95. The number of hydrogen-bond donors (Lipinski definition) is 4. The molecule has 4 heterocycles. The van der Waals surface area contributed by atoms with Crippen LogP contribution in [0.3, 0.4) is 0 Å². The van der Waals surface area contributed by atoms with Gasteiger partial charge in [-0.25, -0.2) is 14.4 Å². The second-order valence-corrected chi connectivity index (χ2v) is 7.78. The van der Waals surface area contributed by atoms with Gasteiger partial charge in [0.25, 0.3) is 0 Å². The number of carbonyl (C=O) groups excluding carboxylic acids is 1. The predicted molar refractivity (Wildman–Crippen MR) is 120 cm³/mol. The zero-order valence-electron chi connectivity index (χ0n) is 17.8. The fraction of sp³-hybridized carbons (Fsp3) is 0.286. The van der Waals surface area contributed by atoms with E-state index < -0.39 is 0 Å². The van der Waals surface area contributed by atoms with Crippen molar-refractivity contribution in [3.63, 3.8) is 0 Å². The molecule has 1 aromatic heterocycles. The molecular formula is C21H24FN9O2. The molecule has 3 aliphatic rings. The predicted octanol–water partition coefficient (Wildman–Crippen LogP) is 0.325. The molecule has 4 N–H and O–H groups in total. The van der Waals surface area contributed by atoms with E-state index in [2.05, 4.69) is 26.3 Å². The summed E-state index contributed by atoms with van der Waals surface area (Å²) < 4.78 is 16.0. The number of aliphatic hydroxyl groups is 1. The van der Waals surface area contributed by atoms with Gasteiger partial charge < -0.3 is 20.7 Å². The summed E-state index contributed by atoms with van der Waals surface area (Å²) in [5, 5.41) is 19.8. The number of aromatic nitrogens is 2. The van der Waals surface area contributed by atoms with Crippen LogP contribution >= 0.6 is 0 Å². The molecule has 0 bridgehead atoms. The molecule has 12 heteroatoms. The number of aliphatic imine (C=N–C) groups is 1. The molecule has 1 aromatic carbocycles. The Bertz CT molecular complexity index is 1140. The topological polar surface area (TPSA) is 113 Å². The van der Waals surface area contributed by atoms with Gasteiger partial charge in [0, 0.05) is 31.2 Å². The maximum absolute atomic E-state index is 14.4. The Labute approximate surface area is 189 Å². The average molecular weight is 453 g/mol. The Morgan fingerprint density at radius 3 is 3.03 bits per heavy atom. The van der Waals surface area contributed by atoms with Gasteiger partial charge in [0.1, 0.15) is 23.5 Å². The van der Waals surface area contributed by atoms with Crippen molar-refractivity contribution in [1.29, 1.82) is 0 Å². The molecule has 0 atom stereocenters. The van der Waals surface area contributed by atoms with Crippen LogP contribution in [0.4, 0.5) is 15.8 Å². The lowest BCUT2D eigenvalue weighted by Crippen LogP contribution is -2.48. The van der Waals surface area contributed by atoms with E-state index in [1.807, 2.05) is 17.3 Å². The van der Waals surface area contributed by atoms with Gasteiger partial charge in [0.05, 0.1) is 44.3 Å². The third kappa shape index (κ3) is 4.52. The molecule has 2 aromatic rings. The van der Waals surface area contributed by atoms with Gasteiger partial charge in [-0.3, -0.25) is 19.9 Å². The van der Waals surface area contributed by atoms with Gasteiger partial charge in [0.2, 0.25) is 5.91 Å². The highest BCUT2D eigenvalue weighted by Crippen LogP contribution is 2.27. The molecule has 1 fully saturated rings. The van der Waals surface area contributed by atoms with Crippen molar-refractivity contribution in [3.05, 3.63) is 65.8 Å². The van der Waals surface area contributed by atoms with Crippen LogP contribution in [0.15, 0.2) is 59.4 Å². The summed E-state index contributed by atoms with van der Waals surface area (Å²) in [6, 6.07) is 4.69. The monoisotopic (exact) mass is 453 g/mol. The van der Waals surface area contributed by atoms with Gasteiger partial charge >= 0.3 is 0 Å². The average Bonchev–Trinajstić information content (AvgIpc) is 3.41. The van der Waals surface area contributed by atoms with Crippen LogP contribution in [0.25, 0.3) is 0 Å². The van der Waals surface area contributed by atoms with Crippen molar-refractivity contribution in [1.82, 2.24) is 30.5 Å². The third-order valence-corrected chi connectivity index (χ3v) is 5.40. The molecule has 1 amide bonds. The Hall–Kier alpha value is -3.90. The van der Waals surface area contributed by atoms with E-state index in [-0.39, 0.29) is 24.9 Å². The molecule has 3 aliphatic heterocycles. The van der Waals surface area contributed by atoms with Crippen molar-refractivity contribution in [2.45, 2.75) is 13.1 Å². The largest absolute Gasteiger partial charge is 0.394 e. The SMILES string of the molecule is O=C1CNCCN1c1cc(F)cc(CN2NC=C3N=CN(Nc4cnn(CCO)c4)C=C32)c1. The van der Waals surface area contributed by atoms with Crippen molar-refractivity contribution in [2.75, 3.05) is 36.6 Å². The van der Waals surface area contributed by atoms with Crippen molar-refractivity contribution >= 4 is 23.6 Å². The zero-order valence-corrected chi connectivity index (χ0v) is 17.8. The number of piperazine rings is 1. The summed E-state index contributed by atoms with van der Waals surface area (Å²) in [4.78, 5) is 18.3. The quantitative estimate of drug-likeness (QED) is 0.474. The van der Waals surface area contributed by atoms with Crippen molar-refractivity contribution < 1.29 is 14.3 Å². The Morgan fingerprint density at radius 2 is 2.18 bits per heavy atom. The molecular weight excluding hydrogens is 429 g/mol. The number of fused-ring (bicyclic) bond motifs is 1. The minimum absolute atomic E-state index is 0.00965. The van der Waals surface area contributed by atoms with Crippen molar-refractivity contribution in [3.8, 4) is 0 Å². The molecule has 0 aliphatic carbocycles. The Balaban J connectivity index is 1.31. The van der Waals surface area contributed by atoms with Crippen LogP contribution in [0.1, 0.15) is 5.56 Å². The standard InChI is InChI=1S/C21H24FN9O2/c22-16-5-15(6-18(7-16)30-2-1-23-10-21(30)33)11-31-20-13-29(14-24-19(20)9-26-31)27-17-8-25-28(12-17)3-4-32/h5-9,12-14,23,26-27,32H,1-4,10-11H2. The van der Waals surface area contributed by atoms with E-state index in [0.717, 1.165) is 22.6 Å². The summed E-state index contributed by atoms with van der Waals surface area (Å²) in [7, 11) is 0. The molecule has 0 unspecified atom stereocenters. The summed E-state index contributed by atoms with van der Waals surface area (Å²) in [5.74, 6) is -0.463. The second-order valence-electron chi connectivity index (χ2n) is 7.78. The first-order valence-electron chi connectivity index (χ1n) is 10.6. The lowest BCUT2D eigenvalue weighted by atomic mass is 10.1. The van der Waals surface area contributed by atoms with E-state index >= 15 is 0 Å². The lowest BCUT2D eigenvalue weighted by Gasteiger charge is -2.29. The second kappa shape index (κ2) is 8.92. The van der Waals surface area contributed by atoms with Crippen LogP contribution in [-0.4, -0.2) is 63.4 Å². The van der Waals surface area contributed by atoms with Crippen LogP contribution < -0.4 is 21.1 Å². The first kappa shape index (κ1) is 21.0. The van der Waals surface area contributed by atoms with E-state index in [1.165, 1.54) is 12.1 Å². The van der Waals surface area contributed by atoms with Crippen LogP contribution in [0.5, 0.6) is 0 Å². The number of aliphatic hydroxyl groups excluding tert-OH is 1. The number of amides is 1. The number of nitrogens with one attached hydrogen (secondary N) is 3. The van der Waals surface area contributed by atoms with Gasteiger partial charge in [-0.2, -0.15) is 5.10 Å². The van der Waals surface area contributed by atoms with Crippen LogP contribution in [-0.2, 0) is 17.9 Å². The Kier molecular flexibility index (Phi) is 5.67. The number of hydrogen-bond acceptors (Lipinski definition) is 9. The molecule has 5 rings (SSSR count). The smallest absolute Gasteiger partial charge is 0.240 e. The summed E-state index contributed by atoms with van der Waals surface area (Å²) in [6.07, 6.45) is 8.72. The Morgan fingerprint density at radius 1 is 1.27 bits per heavy atom. The number of hydrazine groups is 2. The summed E-state index contributed by atoms with van der Waals surface area (Å²) in [5.41, 5.74) is 9.90. The van der Waals surface area contributed by atoms with Crippen molar-refractivity contribution in [2.24, 2.45) is 4.99 Å². The maximum Gasteiger partial charge on any atom is 0.240 e. The van der Waals surface area contributed by atoms with Gasteiger partial charge in [-0.15, -0.1) is 0 Å². The highest BCUT2D eigenvalue weighted by Gasteiger charge is 2.25. The molecule has 0 spiro atoms. The fourth-order valence-corrected chi connectivity index (χ4v) is 3.88. The first-order chi connectivity index (χ1) is 16.1. The molecule has 0 saturated carbocycles. The van der Waals surface area contributed by atoms with Gasteiger partial charge in [0.15, 0.2) is 0 Å². The maximum atomic E-state index is 14.4. The number of halogens is 1. The number of benzene rings is 1. The van der Waals surface area contributed by atoms with Gasteiger partial charge in [-0.05, 0) is 23.8 Å². The van der Waals surface area contributed by atoms with Gasteiger partial charge in [-0.1, -0.05) is 0 Å². The molecule has 0 radical (unpaired) electrons. The molecule has 1 saturated heterocycles. The number of anilines is 2. The molecule has 172 valence electrons. The number of nitrogens with zero attached hydrogens (tertiary/aromatic N) is 6. The van der Waals surface area contributed by atoms with E-state index in [1.54, 1.807) is 39.5 Å². The minimum Gasteiger partial charge on any atom is -0.394 e. The summed E-state index contributed by atoms with van der Waals surface area (Å²) in [6.45, 7) is 2.22. The van der Waals surface area contributed by atoms with E-state index in [0.29, 0.717) is 31.9 Å². The van der Waals surface area contributed by atoms with E-state index in [9.17, 15) is 9.18 Å². The molecule has 11 nitrogen and oxygen atoms in total. The van der Waals surface area contributed by atoms with Crippen LogP contribution in [0, 0.1) is 5.82 Å². The van der Waals surface area contributed by atoms with E-state index in [4.69, 9.17) is 5.11 Å². The minimum atomic E-state index is -0.389. The number of carbonyl (C=O) groups is 1. The third-order valence-electron chi connectivity index (χ3n) is 5.40. The first-order valence-corrected chi connectivity index (χ1v) is 10.6. The fourth-order valence-electron chi connectivity index (χ4n) is 3.88. The van der Waals surface area contributed by atoms with Crippen LogP contribution in [0.2, 0.25) is 0 Å². The normalized spacial score (nSPS) is 17.6. The summed E-state index contributed by atoms with van der Waals surface area (Å²) >= 11 is 0. The number of rotatable bonds is 7.